The molecular weight excluding hydrogens is 418 g/mol. The summed E-state index contributed by atoms with van der Waals surface area (Å²) in [6, 6.07) is 6.68. The fourth-order valence-electron chi connectivity index (χ4n) is 2.40. The highest BCUT2D eigenvalue weighted by Gasteiger charge is 2.44. The van der Waals surface area contributed by atoms with Crippen molar-refractivity contribution in [3.05, 3.63) is 29.8 Å². The number of methoxy groups -OCH3 is 1. The van der Waals surface area contributed by atoms with Crippen LogP contribution in [0.4, 0.5) is 0 Å². The molecule has 1 aromatic rings. The largest absolute Gasteiger partial charge is 0.497 e. The minimum Gasteiger partial charge on any atom is -0.497 e. The van der Waals surface area contributed by atoms with Crippen LogP contribution in [0.2, 0.25) is 0 Å². The third kappa shape index (κ3) is 6.28. The van der Waals surface area contributed by atoms with E-state index < -0.39 is 46.9 Å². The van der Waals surface area contributed by atoms with E-state index in [4.69, 9.17) is 14.0 Å². The molecule has 0 unspecified atom stereocenters. The van der Waals surface area contributed by atoms with Gasteiger partial charge in [0, 0.05) is 6.42 Å². The van der Waals surface area contributed by atoms with Gasteiger partial charge in [0.15, 0.2) is 0 Å². The third-order valence-electron chi connectivity index (χ3n) is 3.85. The van der Waals surface area contributed by atoms with Crippen molar-refractivity contribution in [3.63, 3.8) is 0 Å². The zero-order valence-electron chi connectivity index (χ0n) is 14.7. The van der Waals surface area contributed by atoms with E-state index in [1.165, 1.54) is 7.11 Å². The number of aliphatic hydroxyl groups is 4. The van der Waals surface area contributed by atoms with Crippen LogP contribution >= 0.6 is 11.8 Å². The zero-order chi connectivity index (χ0) is 20.9. The van der Waals surface area contributed by atoms with Gasteiger partial charge in [-0.3, -0.25) is 4.55 Å². The maximum absolute atomic E-state index is 10.8. The first kappa shape index (κ1) is 22.8. The Morgan fingerprint density at radius 1 is 1.18 bits per heavy atom. The molecule has 2 rings (SSSR count). The minimum absolute atomic E-state index is 0.0212. The molecule has 0 saturated carbocycles. The van der Waals surface area contributed by atoms with Crippen LogP contribution in [0.25, 0.3) is 0 Å². The number of aliphatic hydroxyl groups excluding tert-OH is 4. The normalized spacial score (nSPS) is 28.8. The van der Waals surface area contributed by atoms with Gasteiger partial charge < -0.3 is 29.9 Å². The molecule has 1 aromatic carbocycles. The van der Waals surface area contributed by atoms with Crippen molar-refractivity contribution in [3.8, 4) is 5.75 Å². The highest BCUT2D eigenvalue weighted by atomic mass is 32.3. The molecule has 1 saturated heterocycles. The Labute approximate surface area is 165 Å². The van der Waals surface area contributed by atoms with E-state index in [1.54, 1.807) is 24.3 Å². The third-order valence-corrected chi connectivity index (χ3v) is 5.22. The summed E-state index contributed by atoms with van der Waals surface area (Å²) in [5.41, 5.74) is -0.534. The first-order valence-electron chi connectivity index (χ1n) is 7.97. The number of ether oxygens (including phenoxy) is 2. The number of oxime groups is 1. The number of rotatable bonds is 7. The van der Waals surface area contributed by atoms with Gasteiger partial charge in [-0.1, -0.05) is 29.1 Å². The van der Waals surface area contributed by atoms with Gasteiger partial charge in [0.2, 0.25) is 0 Å². The molecule has 158 valence electrons. The fourth-order valence-corrected chi connectivity index (χ4v) is 3.73. The van der Waals surface area contributed by atoms with Gasteiger partial charge in [0.05, 0.1) is 13.7 Å². The van der Waals surface area contributed by atoms with Crippen molar-refractivity contribution in [2.45, 2.75) is 36.3 Å². The second-order valence-electron chi connectivity index (χ2n) is 5.83. The minimum atomic E-state index is -4.86. The second kappa shape index (κ2) is 9.84. The molecule has 0 radical (unpaired) electrons. The molecule has 13 heteroatoms. The Hall–Kier alpha value is -1.45. The molecule has 0 aliphatic carbocycles. The number of nitrogens with zero attached hydrogens (tertiary/aromatic N) is 1. The smallest absolute Gasteiger partial charge is 0.466 e. The number of hydrogen-bond acceptors (Lipinski definition) is 11. The maximum Gasteiger partial charge on any atom is 0.466 e. The van der Waals surface area contributed by atoms with Gasteiger partial charge >= 0.3 is 10.4 Å². The first-order valence-corrected chi connectivity index (χ1v) is 10.2. The summed E-state index contributed by atoms with van der Waals surface area (Å²) in [5.74, 6) is 0.595. The van der Waals surface area contributed by atoms with Gasteiger partial charge in [0.1, 0.15) is 40.6 Å². The molecule has 0 amide bonds. The Morgan fingerprint density at radius 3 is 2.36 bits per heavy atom. The molecular formula is C15H21NO10S2. The Balaban J connectivity index is 2.20. The molecule has 0 spiro atoms. The topological polar surface area (TPSA) is 175 Å². The van der Waals surface area contributed by atoms with Gasteiger partial charge in [-0.15, -0.1) is 0 Å². The van der Waals surface area contributed by atoms with Crippen LogP contribution in [0.1, 0.15) is 5.56 Å². The summed E-state index contributed by atoms with van der Waals surface area (Å²) in [7, 11) is -3.37. The van der Waals surface area contributed by atoms with E-state index in [0.29, 0.717) is 23.1 Å². The van der Waals surface area contributed by atoms with Gasteiger partial charge in [-0.2, -0.15) is 8.42 Å². The monoisotopic (exact) mass is 439 g/mol. The van der Waals surface area contributed by atoms with Gasteiger partial charge in [-0.25, -0.2) is 4.28 Å². The summed E-state index contributed by atoms with van der Waals surface area (Å²) >= 11 is 0.708. The van der Waals surface area contributed by atoms with Crippen LogP contribution in [0.5, 0.6) is 5.75 Å². The highest BCUT2D eigenvalue weighted by molar-refractivity contribution is 8.14. The van der Waals surface area contributed by atoms with Crippen LogP contribution in [0.15, 0.2) is 29.4 Å². The maximum atomic E-state index is 10.8. The second-order valence-corrected chi connectivity index (χ2v) is 8.00. The van der Waals surface area contributed by atoms with Crippen LogP contribution < -0.4 is 4.74 Å². The lowest BCUT2D eigenvalue weighted by molar-refractivity contribution is -0.205. The molecule has 1 aliphatic heterocycles. The predicted octanol–water partition coefficient (Wildman–Crippen LogP) is -1.10. The van der Waals surface area contributed by atoms with E-state index in [-0.39, 0.29) is 11.5 Å². The molecule has 0 bridgehead atoms. The van der Waals surface area contributed by atoms with E-state index >= 15 is 0 Å². The number of thioether (sulfide) groups is 1. The van der Waals surface area contributed by atoms with Crippen LogP contribution in [0, 0.1) is 0 Å². The van der Waals surface area contributed by atoms with Crippen LogP contribution in [-0.4, -0.2) is 82.0 Å². The lowest BCUT2D eigenvalue weighted by Crippen LogP contribution is -2.57. The summed E-state index contributed by atoms with van der Waals surface area (Å²) in [4.78, 5) is 0. The summed E-state index contributed by atoms with van der Waals surface area (Å²) in [6.45, 7) is -0.617. The van der Waals surface area contributed by atoms with Crippen LogP contribution in [0.3, 0.4) is 0 Å². The fraction of sp³-hybridized carbons (Fsp3) is 0.533. The Bertz CT molecular complexity index is 768. The van der Waals surface area contributed by atoms with E-state index in [2.05, 4.69) is 9.44 Å². The van der Waals surface area contributed by atoms with Crippen LogP contribution in [-0.2, 0) is 25.8 Å². The van der Waals surface area contributed by atoms with Crippen molar-refractivity contribution >= 4 is 27.2 Å². The van der Waals surface area contributed by atoms with Crippen molar-refractivity contribution in [2.24, 2.45) is 5.16 Å². The molecule has 5 atom stereocenters. The Kier molecular flexibility index (Phi) is 8.03. The van der Waals surface area contributed by atoms with E-state index in [0.717, 1.165) is 0 Å². The Morgan fingerprint density at radius 2 is 1.82 bits per heavy atom. The standard InChI is InChI=1S/C15H21NO10S2/c1-24-9-4-2-8(3-5-9)6-11(16-26-28(21,22)23)27-15-14(20)13(19)12(18)10(7-17)25-15/h2-5,10,12-15,17-20H,6-7H2,1H3,(H,21,22,23)/b16-11-/t10-,12-,13+,14-,15+/m1/s1. The molecule has 28 heavy (non-hydrogen) atoms. The zero-order valence-corrected chi connectivity index (χ0v) is 16.3. The lowest BCUT2D eigenvalue weighted by Gasteiger charge is -2.39. The molecule has 1 heterocycles. The SMILES string of the molecule is COc1ccc(C/C(=N/OS(=O)(=O)O)S[C@@H]2O[C@H](CO)[C@@H](O)[C@H](O)[C@H]2O)cc1. The van der Waals surface area contributed by atoms with Crippen molar-refractivity contribution in [2.75, 3.05) is 13.7 Å². The number of benzene rings is 1. The summed E-state index contributed by atoms with van der Waals surface area (Å²) < 4.78 is 44.9. The molecule has 11 nitrogen and oxygen atoms in total. The first-order chi connectivity index (χ1) is 13.1. The summed E-state index contributed by atoms with van der Waals surface area (Å²) in [6.07, 6.45) is -5.81. The molecule has 0 aromatic heterocycles. The van der Waals surface area contributed by atoms with Crippen molar-refractivity contribution in [1.29, 1.82) is 0 Å². The quantitative estimate of drug-likeness (QED) is 0.151. The van der Waals surface area contributed by atoms with Gasteiger partial charge in [-0.05, 0) is 17.7 Å². The van der Waals surface area contributed by atoms with Crippen molar-refractivity contribution in [1.82, 2.24) is 0 Å². The average Bonchev–Trinajstić information content (AvgIpc) is 2.66. The molecule has 1 aliphatic rings. The molecule has 1 fully saturated rings. The van der Waals surface area contributed by atoms with E-state index in [1.807, 2.05) is 0 Å². The predicted molar refractivity (Wildman–Crippen MR) is 98.1 cm³/mol. The van der Waals surface area contributed by atoms with E-state index in [9.17, 15) is 28.8 Å². The van der Waals surface area contributed by atoms with Gasteiger partial charge in [0.25, 0.3) is 0 Å². The lowest BCUT2D eigenvalue weighted by atomic mass is 10.0. The highest BCUT2D eigenvalue weighted by Crippen LogP contribution is 2.30. The average molecular weight is 439 g/mol. The van der Waals surface area contributed by atoms with Crippen molar-refractivity contribution < 1.29 is 47.2 Å². The summed E-state index contributed by atoms with van der Waals surface area (Å²) in [5, 5.41) is 42.4. The molecule has 5 N–H and O–H groups in total. The number of hydrogen-bond donors (Lipinski definition) is 5.